The van der Waals surface area contributed by atoms with Gasteiger partial charge in [0.25, 0.3) is 0 Å². The van der Waals surface area contributed by atoms with Crippen LogP contribution in [-0.4, -0.2) is 24.4 Å². The van der Waals surface area contributed by atoms with Gasteiger partial charge in [-0.15, -0.1) is 0 Å². The van der Waals surface area contributed by atoms with E-state index in [4.69, 9.17) is 28.9 Å². The molecular weight excluding hydrogens is 295 g/mol. The van der Waals surface area contributed by atoms with Crippen molar-refractivity contribution < 1.29 is 4.79 Å². The number of carbonyl (C=O) groups excluding carboxylic acids is 1. The third-order valence-corrected chi connectivity index (χ3v) is 4.95. The Kier molecular flexibility index (Phi) is 5.30. The van der Waals surface area contributed by atoms with Crippen molar-refractivity contribution in [2.45, 2.75) is 25.8 Å². The van der Waals surface area contributed by atoms with Crippen LogP contribution >= 0.6 is 23.2 Å². The number of hydrogen-bond donors (Lipinski definition) is 1. The fraction of sp³-hybridized carbons (Fsp3) is 0.533. The molecular formula is C15H20Cl2N2O. The summed E-state index contributed by atoms with van der Waals surface area (Å²) in [6.45, 7) is 1.06. The summed E-state index contributed by atoms with van der Waals surface area (Å²) in [5.74, 6) is 0.539. The topological polar surface area (TPSA) is 46.3 Å². The third kappa shape index (κ3) is 3.27. The first-order chi connectivity index (χ1) is 9.54. The van der Waals surface area contributed by atoms with Gasteiger partial charge in [0.2, 0.25) is 5.91 Å². The third-order valence-electron chi connectivity index (χ3n) is 4.09. The molecule has 20 heavy (non-hydrogen) atoms. The van der Waals surface area contributed by atoms with E-state index >= 15 is 0 Å². The molecule has 0 aromatic heterocycles. The maximum Gasteiger partial charge on any atom is 0.226 e. The summed E-state index contributed by atoms with van der Waals surface area (Å²) in [5, 5.41) is 1.04. The van der Waals surface area contributed by atoms with Gasteiger partial charge < -0.3 is 10.6 Å². The summed E-state index contributed by atoms with van der Waals surface area (Å²) >= 11 is 12.2. The molecule has 2 atom stereocenters. The molecule has 0 spiro atoms. The molecule has 1 fully saturated rings. The summed E-state index contributed by atoms with van der Waals surface area (Å²) < 4.78 is 0. The molecule has 0 unspecified atom stereocenters. The molecule has 0 aliphatic heterocycles. The largest absolute Gasteiger partial charge is 0.341 e. The summed E-state index contributed by atoms with van der Waals surface area (Å²) in [5.41, 5.74) is 6.62. The molecule has 1 aromatic carbocycles. The SMILES string of the molecule is CN(Cc1cccc(Cl)c1Cl)C(=O)[C@@H]1CCC[C@@H]1CN. The van der Waals surface area contributed by atoms with Gasteiger partial charge in [-0.1, -0.05) is 41.8 Å². The Morgan fingerprint density at radius 1 is 1.40 bits per heavy atom. The van der Waals surface area contributed by atoms with Gasteiger partial charge in [0, 0.05) is 19.5 Å². The van der Waals surface area contributed by atoms with Gasteiger partial charge in [-0.3, -0.25) is 4.79 Å². The minimum atomic E-state index is 0.0583. The molecule has 1 aromatic rings. The van der Waals surface area contributed by atoms with Crippen LogP contribution in [0.3, 0.4) is 0 Å². The molecule has 110 valence electrons. The van der Waals surface area contributed by atoms with Crippen LogP contribution in [0, 0.1) is 11.8 Å². The van der Waals surface area contributed by atoms with E-state index in [9.17, 15) is 4.79 Å². The predicted molar refractivity (Wildman–Crippen MR) is 82.8 cm³/mol. The number of hydrogen-bond acceptors (Lipinski definition) is 2. The molecule has 1 amide bonds. The fourth-order valence-electron chi connectivity index (χ4n) is 2.93. The lowest BCUT2D eigenvalue weighted by Crippen LogP contribution is -2.36. The summed E-state index contributed by atoms with van der Waals surface area (Å²) in [4.78, 5) is 14.2. The van der Waals surface area contributed by atoms with Crippen molar-refractivity contribution in [3.8, 4) is 0 Å². The van der Waals surface area contributed by atoms with Crippen molar-refractivity contribution in [1.29, 1.82) is 0 Å². The first-order valence-corrected chi connectivity index (χ1v) is 7.68. The Morgan fingerprint density at radius 2 is 2.15 bits per heavy atom. The monoisotopic (exact) mass is 314 g/mol. The average Bonchev–Trinajstić information content (AvgIpc) is 2.91. The van der Waals surface area contributed by atoms with Crippen LogP contribution in [-0.2, 0) is 11.3 Å². The minimum absolute atomic E-state index is 0.0583. The Hall–Kier alpha value is -0.770. The molecule has 2 N–H and O–H groups in total. The lowest BCUT2D eigenvalue weighted by Gasteiger charge is -2.25. The Morgan fingerprint density at radius 3 is 2.85 bits per heavy atom. The highest BCUT2D eigenvalue weighted by Crippen LogP contribution is 2.33. The number of nitrogens with zero attached hydrogens (tertiary/aromatic N) is 1. The van der Waals surface area contributed by atoms with Crippen molar-refractivity contribution >= 4 is 29.1 Å². The zero-order valence-corrected chi connectivity index (χ0v) is 13.1. The van der Waals surface area contributed by atoms with Crippen LogP contribution in [0.25, 0.3) is 0 Å². The second-order valence-electron chi connectivity index (χ2n) is 5.44. The number of rotatable bonds is 4. The maximum atomic E-state index is 12.5. The van der Waals surface area contributed by atoms with E-state index in [0.717, 1.165) is 24.8 Å². The molecule has 2 rings (SSSR count). The molecule has 0 radical (unpaired) electrons. The molecule has 1 aliphatic rings. The van der Waals surface area contributed by atoms with Gasteiger partial charge in [0.15, 0.2) is 0 Å². The van der Waals surface area contributed by atoms with Crippen molar-refractivity contribution in [2.75, 3.05) is 13.6 Å². The highest BCUT2D eigenvalue weighted by Gasteiger charge is 2.33. The molecule has 1 saturated carbocycles. The fourth-order valence-corrected chi connectivity index (χ4v) is 3.31. The molecule has 0 heterocycles. The van der Waals surface area contributed by atoms with E-state index < -0.39 is 0 Å². The van der Waals surface area contributed by atoms with Crippen molar-refractivity contribution in [1.82, 2.24) is 4.90 Å². The zero-order valence-electron chi connectivity index (χ0n) is 11.6. The van der Waals surface area contributed by atoms with Crippen LogP contribution < -0.4 is 5.73 Å². The normalized spacial score (nSPS) is 22.0. The van der Waals surface area contributed by atoms with E-state index in [1.54, 1.807) is 11.0 Å². The van der Waals surface area contributed by atoms with Crippen LogP contribution in [0.2, 0.25) is 10.0 Å². The summed E-state index contributed by atoms with van der Waals surface area (Å²) in [6, 6.07) is 5.49. The number of carbonyl (C=O) groups is 1. The smallest absolute Gasteiger partial charge is 0.226 e. The van der Waals surface area contributed by atoms with Gasteiger partial charge >= 0.3 is 0 Å². The van der Waals surface area contributed by atoms with E-state index in [-0.39, 0.29) is 11.8 Å². The summed E-state index contributed by atoms with van der Waals surface area (Å²) in [7, 11) is 1.81. The second kappa shape index (κ2) is 6.79. The average molecular weight is 315 g/mol. The lowest BCUT2D eigenvalue weighted by molar-refractivity contribution is -0.135. The summed E-state index contributed by atoms with van der Waals surface area (Å²) in [6.07, 6.45) is 3.08. The van der Waals surface area contributed by atoms with Gasteiger partial charge in [0.1, 0.15) is 0 Å². The standard InChI is InChI=1S/C15H20Cl2N2O/c1-19(9-11-5-3-7-13(16)14(11)17)15(20)12-6-2-4-10(12)8-18/h3,5,7,10,12H,2,4,6,8-9,18H2,1H3/t10-,12-/m1/s1. The first-order valence-electron chi connectivity index (χ1n) is 6.92. The minimum Gasteiger partial charge on any atom is -0.341 e. The Labute approximate surface area is 130 Å². The van der Waals surface area contributed by atoms with E-state index in [2.05, 4.69) is 0 Å². The molecule has 5 heteroatoms. The number of amides is 1. The number of nitrogens with two attached hydrogens (primary N) is 1. The molecule has 0 bridgehead atoms. The van der Waals surface area contributed by atoms with Crippen LogP contribution in [0.5, 0.6) is 0 Å². The van der Waals surface area contributed by atoms with Crippen molar-refractivity contribution in [2.24, 2.45) is 17.6 Å². The second-order valence-corrected chi connectivity index (χ2v) is 6.23. The highest BCUT2D eigenvalue weighted by atomic mass is 35.5. The van der Waals surface area contributed by atoms with Crippen LogP contribution in [0.4, 0.5) is 0 Å². The number of benzene rings is 1. The quantitative estimate of drug-likeness (QED) is 0.926. The van der Waals surface area contributed by atoms with Crippen molar-refractivity contribution in [3.05, 3.63) is 33.8 Å². The van der Waals surface area contributed by atoms with E-state index in [1.165, 1.54) is 0 Å². The highest BCUT2D eigenvalue weighted by molar-refractivity contribution is 6.42. The molecule has 3 nitrogen and oxygen atoms in total. The zero-order chi connectivity index (χ0) is 14.7. The van der Waals surface area contributed by atoms with Crippen LogP contribution in [0.15, 0.2) is 18.2 Å². The Balaban J connectivity index is 2.06. The Bertz CT molecular complexity index is 493. The van der Waals surface area contributed by atoms with Gasteiger partial charge in [-0.25, -0.2) is 0 Å². The van der Waals surface area contributed by atoms with Gasteiger partial charge in [-0.05, 0) is 36.9 Å². The molecule has 0 saturated heterocycles. The van der Waals surface area contributed by atoms with E-state index in [1.807, 2.05) is 19.2 Å². The molecule has 1 aliphatic carbocycles. The number of halogens is 2. The van der Waals surface area contributed by atoms with Gasteiger partial charge in [-0.2, -0.15) is 0 Å². The first kappa shape index (κ1) is 15.6. The van der Waals surface area contributed by atoms with Gasteiger partial charge in [0.05, 0.1) is 10.0 Å². The lowest BCUT2D eigenvalue weighted by atomic mass is 9.95. The van der Waals surface area contributed by atoms with E-state index in [0.29, 0.717) is 29.1 Å². The maximum absolute atomic E-state index is 12.5. The van der Waals surface area contributed by atoms with Crippen LogP contribution in [0.1, 0.15) is 24.8 Å². The van der Waals surface area contributed by atoms with Crippen molar-refractivity contribution in [3.63, 3.8) is 0 Å². The predicted octanol–water partition coefficient (Wildman–Crippen LogP) is 3.33.